The summed E-state index contributed by atoms with van der Waals surface area (Å²) < 4.78 is 19.0. The van der Waals surface area contributed by atoms with Gasteiger partial charge in [-0.05, 0) is 6.92 Å². The van der Waals surface area contributed by atoms with E-state index < -0.39 is 13.8 Å². The molecule has 0 spiro atoms. The van der Waals surface area contributed by atoms with Gasteiger partial charge in [-0.25, -0.2) is 9.36 Å². The van der Waals surface area contributed by atoms with Crippen molar-refractivity contribution in [3.05, 3.63) is 12.2 Å². The van der Waals surface area contributed by atoms with Gasteiger partial charge in [0.2, 0.25) is 0 Å². The first-order valence-corrected chi connectivity index (χ1v) is 5.38. The molecule has 0 saturated carbocycles. The molecule has 0 aliphatic carbocycles. The molecule has 0 amide bonds. The van der Waals surface area contributed by atoms with E-state index in [1.807, 2.05) is 0 Å². The highest BCUT2D eigenvalue weighted by molar-refractivity contribution is 7.46. The van der Waals surface area contributed by atoms with Crippen LogP contribution in [0.3, 0.4) is 0 Å². The monoisotopic (exact) mass is 241 g/mol. The highest BCUT2D eigenvalue weighted by Gasteiger charge is 2.12. The summed E-state index contributed by atoms with van der Waals surface area (Å²) in [6.45, 7) is 4.76. The number of hydrogen-bond donors (Lipinski definition) is 3. The van der Waals surface area contributed by atoms with E-state index in [0.29, 0.717) is 0 Å². The number of phosphoric ester groups is 1. The number of ether oxygens (including phenoxy) is 1. The van der Waals surface area contributed by atoms with Crippen molar-refractivity contribution in [3.8, 4) is 0 Å². The van der Waals surface area contributed by atoms with Crippen LogP contribution in [0.15, 0.2) is 12.2 Å². The van der Waals surface area contributed by atoms with E-state index >= 15 is 0 Å². The van der Waals surface area contributed by atoms with Crippen molar-refractivity contribution in [1.82, 2.24) is 6.15 Å². The van der Waals surface area contributed by atoms with Crippen LogP contribution in [0.25, 0.3) is 0 Å². The average molecular weight is 241 g/mol. The maximum atomic E-state index is 10.8. The van der Waals surface area contributed by atoms with Crippen molar-refractivity contribution in [3.63, 3.8) is 0 Å². The first-order valence-electron chi connectivity index (χ1n) is 3.85. The van der Waals surface area contributed by atoms with Gasteiger partial charge in [-0.1, -0.05) is 6.58 Å². The first-order chi connectivity index (χ1) is 6.33. The van der Waals surface area contributed by atoms with E-state index in [0.717, 1.165) is 0 Å². The van der Waals surface area contributed by atoms with Crippen LogP contribution in [0.5, 0.6) is 0 Å². The summed E-state index contributed by atoms with van der Waals surface area (Å²) in [6, 6.07) is 0. The van der Waals surface area contributed by atoms with Crippen molar-refractivity contribution in [1.29, 1.82) is 0 Å². The largest absolute Gasteiger partial charge is 0.469 e. The Morgan fingerprint density at radius 3 is 2.33 bits per heavy atom. The molecule has 7 nitrogen and oxygen atoms in total. The lowest BCUT2D eigenvalue weighted by molar-refractivity contribution is -0.139. The zero-order chi connectivity index (χ0) is 11.2. The number of esters is 1. The first kappa shape index (κ1) is 16.7. The smallest absolute Gasteiger partial charge is 0.462 e. The minimum atomic E-state index is -4.41. The fourth-order valence-electron chi connectivity index (χ4n) is 0.530. The molecule has 0 aliphatic rings. The van der Waals surface area contributed by atoms with Crippen LogP contribution in [-0.2, 0) is 18.6 Å². The molecular formula is C7H16NO6P. The van der Waals surface area contributed by atoms with Gasteiger partial charge < -0.3 is 20.7 Å². The molecule has 0 fully saturated rings. The van der Waals surface area contributed by atoms with Crippen molar-refractivity contribution in [2.45, 2.75) is 13.3 Å². The molecule has 0 radical (unpaired) electrons. The molecular weight excluding hydrogens is 225 g/mol. The molecule has 0 heterocycles. The molecule has 0 aliphatic heterocycles. The van der Waals surface area contributed by atoms with Gasteiger partial charge >= 0.3 is 13.8 Å². The second-order valence-electron chi connectivity index (χ2n) is 2.59. The lowest BCUT2D eigenvalue weighted by Gasteiger charge is -2.05. The lowest BCUT2D eigenvalue weighted by atomic mass is 10.4. The van der Waals surface area contributed by atoms with Crippen LogP contribution < -0.4 is 6.15 Å². The highest BCUT2D eigenvalue weighted by atomic mass is 31.2. The average Bonchev–Trinajstić information content (AvgIpc) is 2.01. The highest BCUT2D eigenvalue weighted by Crippen LogP contribution is 2.35. The summed E-state index contributed by atoms with van der Waals surface area (Å²) in [5.41, 5.74) is 0.279. The van der Waals surface area contributed by atoms with E-state index in [4.69, 9.17) is 9.79 Å². The van der Waals surface area contributed by atoms with Gasteiger partial charge in [-0.15, -0.1) is 0 Å². The maximum absolute atomic E-state index is 10.8. The standard InChI is InChI=1S/C7H13O6P.H3N/c1-6(2)7(8)12-4-3-5-13-14(9,10)11;/h1,3-5H2,2H3,(H2,9,10,11);1H3. The molecule has 0 rings (SSSR count). The maximum Gasteiger partial charge on any atom is 0.469 e. The summed E-state index contributed by atoms with van der Waals surface area (Å²) in [5, 5.41) is 0. The molecule has 0 aromatic rings. The fourth-order valence-corrected chi connectivity index (χ4v) is 0.897. The summed E-state index contributed by atoms with van der Waals surface area (Å²) in [7, 11) is -4.41. The normalized spacial score (nSPS) is 10.3. The molecule has 5 N–H and O–H groups in total. The van der Waals surface area contributed by atoms with E-state index in [1.165, 1.54) is 6.92 Å². The Labute approximate surface area is 87.9 Å². The van der Waals surface area contributed by atoms with E-state index in [-0.39, 0.29) is 31.4 Å². The predicted octanol–water partition coefficient (Wildman–Crippen LogP) is 0.767. The minimum Gasteiger partial charge on any atom is -0.462 e. The van der Waals surface area contributed by atoms with E-state index in [2.05, 4.69) is 15.8 Å². The van der Waals surface area contributed by atoms with Gasteiger partial charge in [0.25, 0.3) is 0 Å². The van der Waals surface area contributed by atoms with E-state index in [1.54, 1.807) is 0 Å². The molecule has 8 heteroatoms. The van der Waals surface area contributed by atoms with Crippen LogP contribution in [-0.4, -0.2) is 29.0 Å². The van der Waals surface area contributed by atoms with Gasteiger partial charge in [0.05, 0.1) is 13.2 Å². The molecule has 0 aromatic carbocycles. The lowest BCUT2D eigenvalue weighted by Crippen LogP contribution is -2.07. The van der Waals surface area contributed by atoms with Crippen molar-refractivity contribution >= 4 is 13.8 Å². The quantitative estimate of drug-likeness (QED) is 0.271. The SMILES string of the molecule is C=C(C)C(=O)OCCCOP(=O)(O)O.N. The van der Waals surface area contributed by atoms with Crippen LogP contribution >= 0.6 is 7.82 Å². The van der Waals surface area contributed by atoms with Crippen LogP contribution in [0.2, 0.25) is 0 Å². The Bertz CT molecular complexity index is 260. The second-order valence-corrected chi connectivity index (χ2v) is 3.83. The predicted molar refractivity (Wildman–Crippen MR) is 53.4 cm³/mol. The second kappa shape index (κ2) is 7.56. The number of carbonyl (C=O) groups is 1. The summed E-state index contributed by atoms with van der Waals surface area (Å²) in [4.78, 5) is 27.3. The van der Waals surface area contributed by atoms with Crippen LogP contribution in [0, 0.1) is 0 Å². The molecule has 0 atom stereocenters. The third-order valence-electron chi connectivity index (χ3n) is 1.13. The fraction of sp³-hybridized carbons (Fsp3) is 0.571. The van der Waals surface area contributed by atoms with Gasteiger partial charge in [-0.2, -0.15) is 0 Å². The van der Waals surface area contributed by atoms with Crippen LogP contribution in [0.4, 0.5) is 0 Å². The van der Waals surface area contributed by atoms with Crippen molar-refractivity contribution in [2.24, 2.45) is 0 Å². The molecule has 0 unspecified atom stereocenters. The Morgan fingerprint density at radius 1 is 1.40 bits per heavy atom. The Kier molecular flexibility index (Phi) is 8.41. The number of carbonyl (C=O) groups excluding carboxylic acids is 1. The summed E-state index contributed by atoms with van der Waals surface area (Å²) >= 11 is 0. The van der Waals surface area contributed by atoms with Crippen LogP contribution in [0.1, 0.15) is 13.3 Å². The Morgan fingerprint density at radius 2 is 1.93 bits per heavy atom. The molecule has 0 aromatic heterocycles. The van der Waals surface area contributed by atoms with E-state index in [9.17, 15) is 9.36 Å². The van der Waals surface area contributed by atoms with Crippen molar-refractivity contribution < 1.29 is 28.4 Å². The van der Waals surface area contributed by atoms with Gasteiger partial charge in [0.15, 0.2) is 0 Å². The summed E-state index contributed by atoms with van der Waals surface area (Å²) in [5.74, 6) is -0.527. The molecule has 90 valence electrons. The van der Waals surface area contributed by atoms with Gasteiger partial charge in [-0.3, -0.25) is 4.52 Å². The number of rotatable bonds is 6. The molecule has 0 saturated heterocycles. The Hall–Kier alpha value is -0.720. The third-order valence-corrected chi connectivity index (χ3v) is 1.65. The zero-order valence-corrected chi connectivity index (χ0v) is 9.40. The van der Waals surface area contributed by atoms with Crippen molar-refractivity contribution in [2.75, 3.05) is 13.2 Å². The minimum absolute atomic E-state index is 0. The molecule has 0 bridgehead atoms. The molecule has 15 heavy (non-hydrogen) atoms. The van der Waals surface area contributed by atoms with Gasteiger partial charge in [0.1, 0.15) is 0 Å². The number of phosphoric acid groups is 1. The Balaban J connectivity index is 0. The third kappa shape index (κ3) is 11.2. The number of hydrogen-bond acceptors (Lipinski definition) is 5. The topological polar surface area (TPSA) is 128 Å². The zero-order valence-electron chi connectivity index (χ0n) is 8.51. The van der Waals surface area contributed by atoms with Gasteiger partial charge in [0, 0.05) is 12.0 Å². The summed E-state index contributed by atoms with van der Waals surface area (Å²) in [6.07, 6.45) is 0.226.